The van der Waals surface area contributed by atoms with E-state index < -0.39 is 12.0 Å². The molecule has 3 rings (SSSR count). The van der Waals surface area contributed by atoms with Gasteiger partial charge in [0.25, 0.3) is 0 Å². The van der Waals surface area contributed by atoms with Crippen molar-refractivity contribution in [1.29, 1.82) is 0 Å². The maximum atomic E-state index is 12.4. The summed E-state index contributed by atoms with van der Waals surface area (Å²) >= 11 is 0. The van der Waals surface area contributed by atoms with Crippen LogP contribution in [0.1, 0.15) is 5.82 Å². The van der Waals surface area contributed by atoms with E-state index in [-0.39, 0.29) is 5.82 Å². The van der Waals surface area contributed by atoms with E-state index in [1.807, 2.05) is 0 Å². The Morgan fingerprint density at radius 3 is 2.68 bits per heavy atom. The maximum absolute atomic E-state index is 12.4. The third-order valence-electron chi connectivity index (χ3n) is 2.75. The summed E-state index contributed by atoms with van der Waals surface area (Å²) in [6.07, 6.45) is -2.89. The molecule has 8 heteroatoms. The molecule has 98 valence electrons. The number of aryl methyl sites for hydroxylation is 1. The van der Waals surface area contributed by atoms with Crippen molar-refractivity contribution in [3.05, 3.63) is 30.4 Å². The molecule has 2 heterocycles. The van der Waals surface area contributed by atoms with Crippen LogP contribution in [0.3, 0.4) is 0 Å². The predicted molar refractivity (Wildman–Crippen MR) is 61.1 cm³/mol. The Morgan fingerprint density at radius 2 is 2.00 bits per heavy atom. The van der Waals surface area contributed by atoms with E-state index in [2.05, 4.69) is 20.2 Å². The molecule has 2 aromatic heterocycles. The van der Waals surface area contributed by atoms with Gasteiger partial charge in [-0.1, -0.05) is 0 Å². The summed E-state index contributed by atoms with van der Waals surface area (Å²) in [6, 6.07) is 5.08. The van der Waals surface area contributed by atoms with E-state index in [1.54, 1.807) is 36.1 Å². The number of H-pyrrole nitrogens is 1. The molecule has 0 saturated heterocycles. The van der Waals surface area contributed by atoms with Crippen molar-refractivity contribution in [2.24, 2.45) is 7.05 Å². The van der Waals surface area contributed by atoms with Gasteiger partial charge >= 0.3 is 6.18 Å². The highest BCUT2D eigenvalue weighted by molar-refractivity contribution is 5.80. The average Bonchev–Trinajstić information content (AvgIpc) is 2.96. The summed E-state index contributed by atoms with van der Waals surface area (Å²) in [5.41, 5.74) is 2.10. The molecular formula is C11H8F3N5. The van der Waals surface area contributed by atoms with Gasteiger partial charge in [-0.15, -0.1) is 10.2 Å². The number of benzene rings is 1. The third kappa shape index (κ3) is 1.94. The predicted octanol–water partition coefficient (Wildman–Crippen LogP) is 2.38. The molecule has 5 nitrogen and oxygen atoms in total. The summed E-state index contributed by atoms with van der Waals surface area (Å²) in [7, 11) is 1.81. The lowest BCUT2D eigenvalue weighted by molar-refractivity contribution is -0.144. The molecule has 0 aliphatic heterocycles. The van der Waals surface area contributed by atoms with Crippen molar-refractivity contribution in [2.45, 2.75) is 6.18 Å². The molecule has 0 aliphatic rings. The highest BCUT2D eigenvalue weighted by Crippen LogP contribution is 2.28. The van der Waals surface area contributed by atoms with E-state index in [0.717, 1.165) is 11.0 Å². The van der Waals surface area contributed by atoms with E-state index in [9.17, 15) is 13.2 Å². The van der Waals surface area contributed by atoms with Crippen molar-refractivity contribution < 1.29 is 13.2 Å². The molecule has 0 spiro atoms. The quantitative estimate of drug-likeness (QED) is 0.736. The van der Waals surface area contributed by atoms with E-state index in [4.69, 9.17) is 0 Å². The minimum Gasteiger partial charge on any atom is -0.334 e. The fraction of sp³-hybridized carbons (Fsp3) is 0.182. The molecule has 0 atom stereocenters. The lowest BCUT2D eigenvalue weighted by atomic mass is 10.2. The number of nitrogens with one attached hydrogen (secondary N) is 1. The summed E-state index contributed by atoms with van der Waals surface area (Å²) < 4.78 is 39.1. The second-order valence-electron chi connectivity index (χ2n) is 4.08. The number of nitrogens with zero attached hydrogens (tertiary/aromatic N) is 4. The van der Waals surface area contributed by atoms with Gasteiger partial charge < -0.3 is 9.55 Å². The van der Waals surface area contributed by atoms with Gasteiger partial charge in [-0.2, -0.15) is 13.2 Å². The molecule has 0 bridgehead atoms. The number of halogens is 3. The van der Waals surface area contributed by atoms with E-state index >= 15 is 0 Å². The minimum atomic E-state index is -4.53. The van der Waals surface area contributed by atoms with Crippen LogP contribution in [-0.4, -0.2) is 24.7 Å². The van der Waals surface area contributed by atoms with Gasteiger partial charge in [0.15, 0.2) is 5.82 Å². The normalized spacial score (nSPS) is 12.2. The Balaban J connectivity index is 2.08. The van der Waals surface area contributed by atoms with Crippen LogP contribution in [-0.2, 0) is 13.2 Å². The summed E-state index contributed by atoms with van der Waals surface area (Å²) in [6.45, 7) is 0. The van der Waals surface area contributed by atoms with Crippen molar-refractivity contribution in [1.82, 2.24) is 24.7 Å². The SMILES string of the molecule is Cn1cnc2ccc(-c3nnc(C(F)(F)F)[nH]3)cc21. The standard InChI is InChI=1S/C11H8F3N5/c1-19-5-15-7-3-2-6(4-8(7)19)9-16-10(18-17-9)11(12,13)14/h2-5H,1H3,(H,16,17,18). The van der Waals surface area contributed by atoms with Gasteiger partial charge in [-0.3, -0.25) is 0 Å². The van der Waals surface area contributed by atoms with Gasteiger partial charge in [-0.05, 0) is 18.2 Å². The summed E-state index contributed by atoms with van der Waals surface area (Å²) in [5.74, 6) is -1.02. The second-order valence-corrected chi connectivity index (χ2v) is 4.08. The third-order valence-corrected chi connectivity index (χ3v) is 2.75. The highest BCUT2D eigenvalue weighted by Gasteiger charge is 2.35. The number of imidazole rings is 1. The average molecular weight is 267 g/mol. The number of hydrogen-bond donors (Lipinski definition) is 1. The van der Waals surface area contributed by atoms with Crippen LogP contribution in [0, 0.1) is 0 Å². The maximum Gasteiger partial charge on any atom is 0.451 e. The Bertz CT molecular complexity index is 740. The largest absolute Gasteiger partial charge is 0.451 e. The molecule has 19 heavy (non-hydrogen) atoms. The molecule has 1 aromatic carbocycles. The first kappa shape index (κ1) is 11.7. The first-order valence-electron chi connectivity index (χ1n) is 5.36. The van der Waals surface area contributed by atoms with Gasteiger partial charge in [0.1, 0.15) is 0 Å². The van der Waals surface area contributed by atoms with Crippen LogP contribution in [0.2, 0.25) is 0 Å². The Hall–Kier alpha value is -2.38. The van der Waals surface area contributed by atoms with E-state index in [0.29, 0.717) is 5.56 Å². The fourth-order valence-electron chi connectivity index (χ4n) is 1.79. The molecule has 0 unspecified atom stereocenters. The fourth-order valence-corrected chi connectivity index (χ4v) is 1.79. The van der Waals surface area contributed by atoms with Gasteiger partial charge in [0.2, 0.25) is 5.82 Å². The molecule has 0 amide bonds. The van der Waals surface area contributed by atoms with Crippen LogP contribution in [0.25, 0.3) is 22.4 Å². The molecule has 0 fully saturated rings. The van der Waals surface area contributed by atoms with Crippen LogP contribution in [0.15, 0.2) is 24.5 Å². The zero-order valence-electron chi connectivity index (χ0n) is 9.73. The van der Waals surface area contributed by atoms with Crippen LogP contribution < -0.4 is 0 Å². The smallest absolute Gasteiger partial charge is 0.334 e. The van der Waals surface area contributed by atoms with Gasteiger partial charge in [0.05, 0.1) is 17.4 Å². The number of rotatable bonds is 1. The summed E-state index contributed by atoms with van der Waals surface area (Å²) in [5, 5.41) is 6.62. The number of hydrogen-bond acceptors (Lipinski definition) is 3. The Kier molecular flexibility index (Phi) is 2.34. The zero-order chi connectivity index (χ0) is 13.6. The number of aromatic nitrogens is 5. The molecular weight excluding hydrogens is 259 g/mol. The van der Waals surface area contributed by atoms with Gasteiger partial charge in [0, 0.05) is 12.6 Å². The molecule has 0 radical (unpaired) electrons. The Labute approximate surface area is 105 Å². The first-order valence-corrected chi connectivity index (χ1v) is 5.36. The van der Waals surface area contributed by atoms with Crippen molar-refractivity contribution >= 4 is 11.0 Å². The van der Waals surface area contributed by atoms with Crippen molar-refractivity contribution in [3.63, 3.8) is 0 Å². The molecule has 0 saturated carbocycles. The van der Waals surface area contributed by atoms with E-state index in [1.165, 1.54) is 0 Å². The molecule has 1 N–H and O–H groups in total. The number of fused-ring (bicyclic) bond motifs is 1. The van der Waals surface area contributed by atoms with Crippen LogP contribution in [0.4, 0.5) is 13.2 Å². The van der Waals surface area contributed by atoms with Gasteiger partial charge in [-0.25, -0.2) is 4.98 Å². The monoisotopic (exact) mass is 267 g/mol. The lowest BCUT2D eigenvalue weighted by Crippen LogP contribution is -2.07. The summed E-state index contributed by atoms with van der Waals surface area (Å²) in [4.78, 5) is 6.30. The zero-order valence-corrected chi connectivity index (χ0v) is 9.73. The minimum absolute atomic E-state index is 0.0791. The van der Waals surface area contributed by atoms with Crippen molar-refractivity contribution in [2.75, 3.05) is 0 Å². The second kappa shape index (κ2) is 3.81. The van der Waals surface area contributed by atoms with Crippen molar-refractivity contribution in [3.8, 4) is 11.4 Å². The number of aromatic amines is 1. The highest BCUT2D eigenvalue weighted by atomic mass is 19.4. The van der Waals surface area contributed by atoms with Crippen LogP contribution in [0.5, 0.6) is 0 Å². The topological polar surface area (TPSA) is 59.4 Å². The van der Waals surface area contributed by atoms with Crippen LogP contribution >= 0.6 is 0 Å². The lowest BCUT2D eigenvalue weighted by Gasteiger charge is -2.00. The number of alkyl halides is 3. The molecule has 3 aromatic rings. The Morgan fingerprint density at radius 1 is 1.21 bits per heavy atom. The first-order chi connectivity index (χ1) is 8.95. The molecule has 0 aliphatic carbocycles.